The van der Waals surface area contributed by atoms with E-state index < -0.39 is 0 Å². The first-order valence-electron chi connectivity index (χ1n) is 15.2. The van der Waals surface area contributed by atoms with Crippen LogP contribution in [0.25, 0.3) is 17.1 Å². The van der Waals surface area contributed by atoms with Gasteiger partial charge in [-0.05, 0) is 112 Å². The number of nitrogens with two attached hydrogens (primary N) is 1. The quantitative estimate of drug-likeness (QED) is 0.338. The van der Waals surface area contributed by atoms with Crippen molar-refractivity contribution in [3.63, 3.8) is 0 Å². The van der Waals surface area contributed by atoms with Crippen LogP contribution >= 0.6 is 0 Å². The van der Waals surface area contributed by atoms with Gasteiger partial charge in [-0.1, -0.05) is 24.3 Å². The average molecular weight is 568 g/mol. The van der Waals surface area contributed by atoms with Gasteiger partial charge in [0.05, 0.1) is 11.4 Å². The number of fused-ring (bicyclic) bond motifs is 3. The molecule has 2 aliphatic heterocycles. The molecule has 0 saturated carbocycles. The summed E-state index contributed by atoms with van der Waals surface area (Å²) < 4.78 is 16.8. The molecule has 0 amide bonds. The minimum Gasteiger partial charge on any atom is -0.369 e. The average Bonchev–Trinajstić information content (AvgIpc) is 3.26. The minimum atomic E-state index is -0.248. The molecule has 10 heteroatoms. The van der Waals surface area contributed by atoms with E-state index in [9.17, 15) is 0 Å². The van der Waals surface area contributed by atoms with E-state index in [1.54, 1.807) is 0 Å². The maximum absolute atomic E-state index is 15.3. The van der Waals surface area contributed by atoms with Crippen LogP contribution < -0.4 is 16.0 Å². The molecule has 2 saturated heterocycles. The number of anilines is 4. The van der Waals surface area contributed by atoms with E-state index in [-0.39, 0.29) is 17.7 Å². The van der Waals surface area contributed by atoms with Crippen molar-refractivity contribution in [1.82, 2.24) is 29.9 Å². The Bertz CT molecular complexity index is 1570. The lowest BCUT2D eigenvalue weighted by atomic mass is 9.79. The molecule has 2 aromatic heterocycles. The van der Waals surface area contributed by atoms with Crippen LogP contribution in [0.2, 0.25) is 0 Å². The number of aromatic nitrogens is 5. The van der Waals surface area contributed by atoms with Gasteiger partial charge in [-0.2, -0.15) is 9.67 Å². The number of benzene rings is 2. The Morgan fingerprint density at radius 1 is 0.881 bits per heavy atom. The summed E-state index contributed by atoms with van der Waals surface area (Å²) in [6, 6.07) is 15.6. The number of nitrogen functional groups attached to an aromatic ring is 1. The largest absolute Gasteiger partial charge is 0.369 e. The maximum atomic E-state index is 15.3. The lowest BCUT2D eigenvalue weighted by molar-refractivity contribution is 0.154. The van der Waals surface area contributed by atoms with Crippen LogP contribution in [0.5, 0.6) is 0 Å². The Hall–Kier alpha value is -4.05. The van der Waals surface area contributed by atoms with E-state index >= 15 is 4.39 Å². The molecular formula is C32H38FN9. The van der Waals surface area contributed by atoms with Gasteiger partial charge in [0.25, 0.3) is 0 Å². The van der Waals surface area contributed by atoms with Crippen LogP contribution in [0.1, 0.15) is 43.2 Å². The smallest absolute Gasteiger partial charge is 0.248 e. The van der Waals surface area contributed by atoms with Gasteiger partial charge in [-0.15, -0.1) is 15.3 Å². The molecule has 4 heterocycles. The Kier molecular flexibility index (Phi) is 7.23. The second kappa shape index (κ2) is 11.3. The standard InChI is InChI=1S/C32H38FN9/c1-40-15-11-21(12-16-40)22-13-17-41(18-14-22)28-10-9-25(20-27(28)33)35-32-36-31(34)42(39-32)29-19-24-7-4-6-23-5-2-3-8-26(23)30(24)38-37-29/h2-3,5,8-10,19-22H,4,6-7,11-18H2,1H3,(H3,34,35,36,39). The molecule has 1 aliphatic carbocycles. The van der Waals surface area contributed by atoms with Gasteiger partial charge in [0.15, 0.2) is 5.82 Å². The van der Waals surface area contributed by atoms with E-state index in [1.807, 2.05) is 24.3 Å². The SMILES string of the molecule is CN1CCC(C2CCN(c3ccc(Nc4nc(N)n(-c5cc6c(nn5)-c5ccccc5CCC6)n4)cc3F)CC2)CC1. The number of rotatable bonds is 5. The number of piperidine rings is 2. The zero-order valence-corrected chi connectivity index (χ0v) is 24.1. The molecular weight excluding hydrogens is 529 g/mol. The molecule has 3 N–H and O–H groups in total. The first-order valence-corrected chi connectivity index (χ1v) is 15.2. The summed E-state index contributed by atoms with van der Waals surface area (Å²) in [4.78, 5) is 8.97. The van der Waals surface area contributed by atoms with Crippen molar-refractivity contribution in [3.05, 3.63) is 65.5 Å². The van der Waals surface area contributed by atoms with Crippen LogP contribution in [0, 0.1) is 17.7 Å². The molecule has 0 radical (unpaired) electrons. The third kappa shape index (κ3) is 5.31. The normalized spacial score (nSPS) is 18.4. The third-order valence-electron chi connectivity index (χ3n) is 9.39. The fourth-order valence-electron chi connectivity index (χ4n) is 7.01. The predicted molar refractivity (Wildman–Crippen MR) is 164 cm³/mol. The molecule has 2 aromatic carbocycles. The Morgan fingerprint density at radius 2 is 1.62 bits per heavy atom. The lowest BCUT2D eigenvalue weighted by Gasteiger charge is -2.40. The van der Waals surface area contributed by atoms with Gasteiger partial charge < -0.3 is 20.9 Å². The summed E-state index contributed by atoms with van der Waals surface area (Å²) in [6.07, 6.45) is 7.78. The summed E-state index contributed by atoms with van der Waals surface area (Å²) in [5.41, 5.74) is 11.9. The van der Waals surface area contributed by atoms with Crippen LogP contribution in [-0.2, 0) is 12.8 Å². The first kappa shape index (κ1) is 26.8. The second-order valence-electron chi connectivity index (χ2n) is 12.0. The Morgan fingerprint density at radius 3 is 2.40 bits per heavy atom. The molecule has 7 rings (SSSR count). The summed E-state index contributed by atoms with van der Waals surface area (Å²) in [5, 5.41) is 16.6. The van der Waals surface area contributed by atoms with Gasteiger partial charge in [-0.3, -0.25) is 0 Å². The Labute approximate surface area is 246 Å². The predicted octanol–water partition coefficient (Wildman–Crippen LogP) is 5.24. The third-order valence-corrected chi connectivity index (χ3v) is 9.39. The number of hydrogen-bond donors (Lipinski definition) is 2. The zero-order chi connectivity index (χ0) is 28.6. The van der Waals surface area contributed by atoms with Crippen LogP contribution in [0.3, 0.4) is 0 Å². The van der Waals surface area contributed by atoms with E-state index in [1.165, 1.54) is 42.2 Å². The van der Waals surface area contributed by atoms with E-state index in [0.29, 0.717) is 17.2 Å². The first-order chi connectivity index (χ1) is 20.5. The zero-order valence-electron chi connectivity index (χ0n) is 24.1. The lowest BCUT2D eigenvalue weighted by Crippen LogP contribution is -2.40. The van der Waals surface area contributed by atoms with Crippen molar-refractivity contribution in [2.45, 2.75) is 44.9 Å². The van der Waals surface area contributed by atoms with Crippen molar-refractivity contribution in [2.75, 3.05) is 49.2 Å². The van der Waals surface area contributed by atoms with Crippen LogP contribution in [0.4, 0.5) is 27.7 Å². The Balaban J connectivity index is 1.03. The molecule has 4 aromatic rings. The maximum Gasteiger partial charge on any atom is 0.248 e. The van der Waals surface area contributed by atoms with Crippen molar-refractivity contribution in [3.8, 4) is 17.1 Å². The van der Waals surface area contributed by atoms with E-state index in [2.05, 4.69) is 60.6 Å². The highest BCUT2D eigenvalue weighted by Crippen LogP contribution is 2.35. The molecule has 0 atom stereocenters. The number of hydrogen-bond acceptors (Lipinski definition) is 8. The molecule has 42 heavy (non-hydrogen) atoms. The number of likely N-dealkylation sites (tertiary alicyclic amines) is 1. The number of halogens is 1. The molecule has 9 nitrogen and oxygen atoms in total. The minimum absolute atomic E-state index is 0.186. The molecule has 2 fully saturated rings. The van der Waals surface area contributed by atoms with Crippen molar-refractivity contribution < 1.29 is 4.39 Å². The van der Waals surface area contributed by atoms with Gasteiger partial charge in [0.2, 0.25) is 11.9 Å². The fraction of sp³-hybridized carbons (Fsp3) is 0.438. The highest BCUT2D eigenvalue weighted by molar-refractivity contribution is 5.68. The molecule has 218 valence electrons. The number of nitrogens with zero attached hydrogens (tertiary/aromatic N) is 7. The van der Waals surface area contributed by atoms with E-state index in [4.69, 9.17) is 5.73 Å². The number of nitrogens with one attached hydrogen (secondary N) is 1. The van der Waals surface area contributed by atoms with Gasteiger partial charge >= 0.3 is 0 Å². The van der Waals surface area contributed by atoms with Gasteiger partial charge in [0.1, 0.15) is 5.82 Å². The molecule has 0 spiro atoms. The number of aryl methyl sites for hydroxylation is 2. The van der Waals surface area contributed by atoms with Gasteiger partial charge in [0, 0.05) is 24.3 Å². The summed E-state index contributed by atoms with van der Waals surface area (Å²) in [5.74, 6) is 2.29. The monoisotopic (exact) mass is 567 g/mol. The highest BCUT2D eigenvalue weighted by Gasteiger charge is 2.29. The van der Waals surface area contributed by atoms with E-state index in [0.717, 1.165) is 73.9 Å². The van der Waals surface area contributed by atoms with Crippen molar-refractivity contribution in [1.29, 1.82) is 0 Å². The van der Waals surface area contributed by atoms with Crippen LogP contribution in [0.15, 0.2) is 48.5 Å². The summed E-state index contributed by atoms with van der Waals surface area (Å²) in [7, 11) is 2.21. The molecule has 0 unspecified atom stereocenters. The fourth-order valence-corrected chi connectivity index (χ4v) is 7.01. The van der Waals surface area contributed by atoms with Crippen molar-refractivity contribution in [2.24, 2.45) is 11.8 Å². The van der Waals surface area contributed by atoms with Gasteiger partial charge in [-0.25, -0.2) is 4.39 Å². The highest BCUT2D eigenvalue weighted by atomic mass is 19.1. The summed E-state index contributed by atoms with van der Waals surface area (Å²) >= 11 is 0. The second-order valence-corrected chi connectivity index (χ2v) is 12.0. The van der Waals surface area contributed by atoms with Crippen molar-refractivity contribution >= 4 is 23.3 Å². The molecule has 0 bridgehead atoms. The van der Waals surface area contributed by atoms with Crippen LogP contribution in [-0.4, -0.2) is 63.1 Å². The molecule has 3 aliphatic rings. The summed E-state index contributed by atoms with van der Waals surface area (Å²) in [6.45, 7) is 4.19. The topological polar surface area (TPSA) is 101 Å².